The van der Waals surface area contributed by atoms with Gasteiger partial charge in [-0.2, -0.15) is 11.8 Å². The summed E-state index contributed by atoms with van der Waals surface area (Å²) in [4.78, 5) is 26.3. The summed E-state index contributed by atoms with van der Waals surface area (Å²) in [5, 5.41) is 0.122. The zero-order chi connectivity index (χ0) is 19.0. The lowest BCUT2D eigenvalue weighted by Gasteiger charge is -2.19. The second kappa shape index (κ2) is 7.68. The van der Waals surface area contributed by atoms with Crippen LogP contribution in [0, 0.1) is 5.82 Å². The summed E-state index contributed by atoms with van der Waals surface area (Å²) in [6.07, 6.45) is 6.02. The smallest absolute Gasteiger partial charge is 0.261 e. The van der Waals surface area contributed by atoms with Gasteiger partial charge in [0.15, 0.2) is 0 Å². The van der Waals surface area contributed by atoms with Gasteiger partial charge in [-0.25, -0.2) is 9.29 Å². The Kier molecular flexibility index (Phi) is 5.28. The molecule has 1 aromatic carbocycles. The van der Waals surface area contributed by atoms with Gasteiger partial charge in [0, 0.05) is 23.0 Å². The van der Waals surface area contributed by atoms with Gasteiger partial charge in [-0.1, -0.05) is 17.7 Å². The Morgan fingerprint density at radius 1 is 1.15 bits per heavy atom. The predicted octanol–water partition coefficient (Wildman–Crippen LogP) is 4.67. The van der Waals surface area contributed by atoms with E-state index in [9.17, 15) is 14.0 Å². The molecule has 0 saturated heterocycles. The Morgan fingerprint density at radius 3 is 2.48 bits per heavy atom. The zero-order valence-electron chi connectivity index (χ0n) is 14.7. The number of hydrogen-bond acceptors (Lipinski definition) is 4. The molecule has 7 heteroatoms. The first-order valence-electron chi connectivity index (χ1n) is 9.04. The van der Waals surface area contributed by atoms with Gasteiger partial charge in [0.1, 0.15) is 18.2 Å². The number of allylic oxidation sites excluding steroid dienone is 1. The Labute approximate surface area is 166 Å². The number of ether oxygens (including phenoxy) is 1. The summed E-state index contributed by atoms with van der Waals surface area (Å²) in [5.41, 5.74) is 2.10. The average Bonchev–Trinajstić information content (AvgIpc) is 2.93. The lowest BCUT2D eigenvalue weighted by molar-refractivity contribution is -0.120. The molecule has 4 nitrogen and oxygen atoms in total. The Morgan fingerprint density at radius 2 is 1.85 bits per heavy atom. The van der Waals surface area contributed by atoms with Crippen molar-refractivity contribution in [3.8, 4) is 5.75 Å². The summed E-state index contributed by atoms with van der Waals surface area (Å²) in [6, 6.07) is 2.47. The number of anilines is 1. The molecular weight excluding hydrogens is 389 g/mol. The summed E-state index contributed by atoms with van der Waals surface area (Å²) < 4.78 is 20.4. The molecular formula is C20H19ClFNO3S. The van der Waals surface area contributed by atoms with Crippen LogP contribution in [0.4, 0.5) is 10.1 Å². The molecule has 0 spiro atoms. The second-order valence-corrected chi connectivity index (χ2v) is 8.35. The van der Waals surface area contributed by atoms with Gasteiger partial charge in [0.25, 0.3) is 11.8 Å². The van der Waals surface area contributed by atoms with E-state index < -0.39 is 17.6 Å². The Bertz CT molecular complexity index is 852. The van der Waals surface area contributed by atoms with E-state index in [0.29, 0.717) is 30.6 Å². The maximum Gasteiger partial charge on any atom is 0.261 e. The number of halogens is 2. The highest BCUT2D eigenvalue weighted by Crippen LogP contribution is 2.39. The van der Waals surface area contributed by atoms with Crippen molar-refractivity contribution in [3.63, 3.8) is 0 Å². The van der Waals surface area contributed by atoms with Crippen LogP contribution in [0.25, 0.3) is 0 Å². The molecule has 0 bridgehead atoms. The highest BCUT2D eigenvalue weighted by Gasteiger charge is 2.41. The predicted molar refractivity (Wildman–Crippen MR) is 105 cm³/mol. The van der Waals surface area contributed by atoms with Gasteiger partial charge in [0.2, 0.25) is 0 Å². The fraction of sp³-hybridized carbons (Fsp3) is 0.400. The molecule has 1 aromatic rings. The molecule has 0 aromatic heterocycles. The van der Waals surface area contributed by atoms with Crippen LogP contribution in [-0.2, 0) is 9.59 Å². The van der Waals surface area contributed by atoms with E-state index >= 15 is 0 Å². The first-order valence-corrected chi connectivity index (χ1v) is 10.6. The van der Waals surface area contributed by atoms with Gasteiger partial charge in [-0.05, 0) is 49.5 Å². The standard InChI is InChI=1S/C20H19ClFNO3S/c21-15-8-16(22)17(9-18(15)26-10-12-4-3-7-27-11-12)23-19(24)13-5-1-2-6-14(13)20(23)25/h4,8-9H,1-3,5-7,10-11H2. The fourth-order valence-corrected chi connectivity index (χ4v) is 4.74. The van der Waals surface area contributed by atoms with E-state index in [2.05, 4.69) is 6.08 Å². The molecule has 0 N–H and O–H groups in total. The number of rotatable bonds is 4. The van der Waals surface area contributed by atoms with E-state index in [1.165, 1.54) is 6.07 Å². The van der Waals surface area contributed by atoms with Crippen LogP contribution in [0.3, 0.4) is 0 Å². The largest absolute Gasteiger partial charge is 0.488 e. The summed E-state index contributed by atoms with van der Waals surface area (Å²) in [5.74, 6) is 0.714. The van der Waals surface area contributed by atoms with Crippen LogP contribution in [-0.4, -0.2) is 29.9 Å². The molecule has 3 aliphatic rings. The first kappa shape index (κ1) is 18.6. The van der Waals surface area contributed by atoms with Gasteiger partial charge >= 0.3 is 0 Å². The number of carbonyl (C=O) groups excluding carboxylic acids is 2. The topological polar surface area (TPSA) is 46.6 Å². The number of amides is 2. The minimum atomic E-state index is -0.707. The van der Waals surface area contributed by atoms with E-state index in [1.807, 2.05) is 11.8 Å². The van der Waals surface area contributed by atoms with E-state index in [0.717, 1.165) is 47.3 Å². The molecule has 0 unspecified atom stereocenters. The van der Waals surface area contributed by atoms with Crippen LogP contribution in [0.2, 0.25) is 5.02 Å². The number of hydrogen-bond donors (Lipinski definition) is 0. The van der Waals surface area contributed by atoms with Crippen LogP contribution < -0.4 is 9.64 Å². The molecule has 0 fully saturated rings. The first-order chi connectivity index (χ1) is 13.1. The summed E-state index contributed by atoms with van der Waals surface area (Å²) >= 11 is 7.97. The van der Waals surface area contributed by atoms with Crippen molar-refractivity contribution in [2.75, 3.05) is 23.0 Å². The van der Waals surface area contributed by atoms with E-state index in [4.69, 9.17) is 16.3 Å². The number of carbonyl (C=O) groups is 2. The van der Waals surface area contributed by atoms with Crippen LogP contribution in [0.5, 0.6) is 5.75 Å². The van der Waals surface area contributed by atoms with E-state index in [-0.39, 0.29) is 16.5 Å². The number of thioether (sulfide) groups is 1. The zero-order valence-corrected chi connectivity index (χ0v) is 16.3. The molecule has 2 amide bonds. The molecule has 1 aliphatic carbocycles. The molecule has 4 rings (SSSR count). The van der Waals surface area contributed by atoms with Crippen molar-refractivity contribution >= 4 is 40.9 Å². The monoisotopic (exact) mass is 407 g/mol. The van der Waals surface area contributed by atoms with Gasteiger partial charge in [-0.15, -0.1) is 0 Å². The molecule has 0 radical (unpaired) electrons. The average molecular weight is 408 g/mol. The highest BCUT2D eigenvalue weighted by atomic mass is 35.5. The van der Waals surface area contributed by atoms with Crippen LogP contribution in [0.1, 0.15) is 32.1 Å². The van der Waals surface area contributed by atoms with Crippen molar-refractivity contribution in [3.05, 3.63) is 45.8 Å². The molecule has 0 saturated carbocycles. The van der Waals surface area contributed by atoms with Crippen molar-refractivity contribution in [1.29, 1.82) is 0 Å². The molecule has 142 valence electrons. The third-order valence-electron chi connectivity index (χ3n) is 5.03. The fourth-order valence-electron chi connectivity index (χ4n) is 3.64. The molecule has 27 heavy (non-hydrogen) atoms. The summed E-state index contributed by atoms with van der Waals surface area (Å²) in [7, 11) is 0. The lowest BCUT2D eigenvalue weighted by Crippen LogP contribution is -2.32. The maximum atomic E-state index is 14.6. The van der Waals surface area contributed by atoms with Crippen molar-refractivity contribution in [1.82, 2.24) is 0 Å². The van der Waals surface area contributed by atoms with E-state index in [1.54, 1.807) is 0 Å². The second-order valence-electron chi connectivity index (χ2n) is 6.84. The molecule has 2 aliphatic heterocycles. The van der Waals surface area contributed by atoms with Crippen LogP contribution >= 0.6 is 23.4 Å². The summed E-state index contributed by atoms with van der Waals surface area (Å²) in [6.45, 7) is 0.356. The van der Waals surface area contributed by atoms with Crippen molar-refractivity contribution in [2.24, 2.45) is 0 Å². The van der Waals surface area contributed by atoms with Gasteiger partial charge in [-0.3, -0.25) is 9.59 Å². The highest BCUT2D eigenvalue weighted by molar-refractivity contribution is 7.99. The third-order valence-corrected chi connectivity index (χ3v) is 6.42. The minimum Gasteiger partial charge on any atom is -0.488 e. The third kappa shape index (κ3) is 3.52. The Hall–Kier alpha value is -1.79. The van der Waals surface area contributed by atoms with Crippen LogP contribution in [0.15, 0.2) is 34.9 Å². The molecule has 2 heterocycles. The SMILES string of the molecule is O=C1C2=C(CCCC2)C(=O)N1c1cc(OCC2=CCCSC2)c(Cl)cc1F. The Balaban J connectivity index is 1.60. The van der Waals surface area contributed by atoms with Crippen molar-refractivity contribution in [2.45, 2.75) is 32.1 Å². The number of nitrogens with zero attached hydrogens (tertiary/aromatic N) is 1. The van der Waals surface area contributed by atoms with Gasteiger partial charge in [0.05, 0.1) is 10.7 Å². The van der Waals surface area contributed by atoms with Gasteiger partial charge < -0.3 is 4.74 Å². The molecule has 0 atom stereocenters. The normalized spacial score (nSPS) is 20.1. The maximum absolute atomic E-state index is 14.6. The van der Waals surface area contributed by atoms with Crippen molar-refractivity contribution < 1.29 is 18.7 Å². The number of imide groups is 1. The minimum absolute atomic E-state index is 0.0919. The number of benzene rings is 1. The quantitative estimate of drug-likeness (QED) is 0.537. The lowest BCUT2D eigenvalue weighted by atomic mass is 9.93.